The van der Waals surface area contributed by atoms with E-state index >= 15 is 0 Å². The number of rotatable bonds is 3. The Hall–Kier alpha value is -0.810. The molecule has 4 nitrogen and oxygen atoms in total. The molecule has 0 radical (unpaired) electrons. The van der Waals surface area contributed by atoms with Crippen molar-refractivity contribution in [2.75, 3.05) is 6.26 Å². The Morgan fingerprint density at radius 2 is 2.15 bits per heavy atom. The minimum atomic E-state index is -3.07. The molecule has 74 valence electrons. The van der Waals surface area contributed by atoms with E-state index in [-0.39, 0.29) is 0 Å². The molecule has 0 saturated carbocycles. The smallest absolute Gasteiger partial charge is 0.151 e. The SMILES string of the molecule is CC(C(N)c1ccc[nH]1)S(C)(=O)=O. The van der Waals surface area contributed by atoms with Crippen LogP contribution in [0.15, 0.2) is 18.3 Å². The highest BCUT2D eigenvalue weighted by Crippen LogP contribution is 2.16. The van der Waals surface area contributed by atoms with Crippen LogP contribution in [0, 0.1) is 0 Å². The first-order valence-corrected chi connectivity index (χ1v) is 5.96. The zero-order chi connectivity index (χ0) is 10.1. The molecule has 1 aromatic heterocycles. The number of aromatic amines is 1. The van der Waals surface area contributed by atoms with Crippen LogP contribution in [-0.2, 0) is 9.84 Å². The normalized spacial score (nSPS) is 16.8. The molecule has 0 aliphatic rings. The number of H-pyrrole nitrogens is 1. The van der Waals surface area contributed by atoms with Gasteiger partial charge in [0, 0.05) is 18.1 Å². The Labute approximate surface area is 78.1 Å². The topological polar surface area (TPSA) is 76.0 Å². The van der Waals surface area contributed by atoms with Gasteiger partial charge in [-0.25, -0.2) is 8.42 Å². The van der Waals surface area contributed by atoms with Crippen molar-refractivity contribution in [1.29, 1.82) is 0 Å². The molecule has 0 aliphatic carbocycles. The van der Waals surface area contributed by atoms with Crippen LogP contribution >= 0.6 is 0 Å². The van der Waals surface area contributed by atoms with Gasteiger partial charge in [0.05, 0.1) is 11.3 Å². The molecular weight excluding hydrogens is 188 g/mol. The third kappa shape index (κ3) is 2.32. The van der Waals surface area contributed by atoms with Gasteiger partial charge in [0.1, 0.15) is 0 Å². The highest BCUT2D eigenvalue weighted by atomic mass is 32.2. The van der Waals surface area contributed by atoms with Crippen molar-refractivity contribution >= 4 is 9.84 Å². The van der Waals surface area contributed by atoms with E-state index in [1.165, 1.54) is 6.26 Å². The average molecular weight is 202 g/mol. The summed E-state index contributed by atoms with van der Waals surface area (Å²) in [4.78, 5) is 2.90. The lowest BCUT2D eigenvalue weighted by Gasteiger charge is -2.16. The third-order valence-corrected chi connectivity index (χ3v) is 3.81. The Balaban J connectivity index is 2.86. The zero-order valence-corrected chi connectivity index (χ0v) is 8.51. The predicted molar refractivity (Wildman–Crippen MR) is 52.0 cm³/mol. The Kier molecular flexibility index (Phi) is 2.77. The van der Waals surface area contributed by atoms with Crippen LogP contribution in [0.1, 0.15) is 18.7 Å². The van der Waals surface area contributed by atoms with Gasteiger partial charge in [-0.05, 0) is 19.1 Å². The van der Waals surface area contributed by atoms with E-state index in [0.29, 0.717) is 0 Å². The zero-order valence-electron chi connectivity index (χ0n) is 7.69. The van der Waals surface area contributed by atoms with Crippen LogP contribution in [0.25, 0.3) is 0 Å². The lowest BCUT2D eigenvalue weighted by Crippen LogP contribution is -2.30. The van der Waals surface area contributed by atoms with Gasteiger partial charge in [-0.1, -0.05) is 0 Å². The summed E-state index contributed by atoms with van der Waals surface area (Å²) in [5, 5.41) is -0.564. The lowest BCUT2D eigenvalue weighted by molar-refractivity contribution is 0.568. The summed E-state index contributed by atoms with van der Waals surface area (Å²) in [6, 6.07) is 3.10. The highest BCUT2D eigenvalue weighted by Gasteiger charge is 2.24. The summed E-state index contributed by atoms with van der Waals surface area (Å²) in [7, 11) is -3.07. The molecule has 0 fully saturated rings. The minimum Gasteiger partial charge on any atom is -0.364 e. The average Bonchev–Trinajstić information content (AvgIpc) is 2.51. The van der Waals surface area contributed by atoms with Crippen molar-refractivity contribution in [1.82, 2.24) is 4.98 Å². The molecule has 0 bridgehead atoms. The molecular formula is C8H14N2O2S. The maximum absolute atomic E-state index is 11.2. The number of nitrogens with one attached hydrogen (secondary N) is 1. The van der Waals surface area contributed by atoms with E-state index in [2.05, 4.69) is 4.98 Å². The second-order valence-corrected chi connectivity index (χ2v) is 5.59. The van der Waals surface area contributed by atoms with Crippen molar-refractivity contribution in [3.63, 3.8) is 0 Å². The molecule has 0 aliphatic heterocycles. The van der Waals surface area contributed by atoms with Gasteiger partial charge in [0.2, 0.25) is 0 Å². The van der Waals surface area contributed by atoms with Gasteiger partial charge >= 0.3 is 0 Å². The molecule has 0 saturated heterocycles. The Morgan fingerprint density at radius 3 is 2.54 bits per heavy atom. The van der Waals surface area contributed by atoms with Crippen LogP contribution in [0.4, 0.5) is 0 Å². The van der Waals surface area contributed by atoms with Gasteiger partial charge in [-0.15, -0.1) is 0 Å². The molecule has 0 aromatic carbocycles. The second-order valence-electron chi connectivity index (χ2n) is 3.19. The predicted octanol–water partition coefficient (Wildman–Crippen LogP) is 0.448. The Bertz CT molecular complexity index is 356. The van der Waals surface area contributed by atoms with Gasteiger partial charge in [0.15, 0.2) is 9.84 Å². The monoisotopic (exact) mass is 202 g/mol. The van der Waals surface area contributed by atoms with E-state index in [1.54, 1.807) is 25.3 Å². The van der Waals surface area contributed by atoms with Crippen LogP contribution in [0.3, 0.4) is 0 Å². The number of hydrogen-bond acceptors (Lipinski definition) is 3. The maximum Gasteiger partial charge on any atom is 0.151 e. The van der Waals surface area contributed by atoms with Crippen LogP contribution in [-0.4, -0.2) is 24.9 Å². The molecule has 1 aromatic rings. The first-order chi connectivity index (χ1) is 5.93. The van der Waals surface area contributed by atoms with Crippen LogP contribution in [0.5, 0.6) is 0 Å². The second kappa shape index (κ2) is 3.51. The fourth-order valence-electron chi connectivity index (χ4n) is 1.07. The van der Waals surface area contributed by atoms with Crippen LogP contribution < -0.4 is 5.73 Å². The first kappa shape index (κ1) is 10.3. The molecule has 0 amide bonds. The van der Waals surface area contributed by atoms with Gasteiger partial charge < -0.3 is 10.7 Å². The van der Waals surface area contributed by atoms with Crippen molar-refractivity contribution in [2.24, 2.45) is 5.73 Å². The van der Waals surface area contributed by atoms with Crippen molar-refractivity contribution in [3.8, 4) is 0 Å². The van der Waals surface area contributed by atoms with Crippen molar-refractivity contribution in [2.45, 2.75) is 18.2 Å². The number of hydrogen-bond donors (Lipinski definition) is 2. The minimum absolute atomic E-state index is 0.481. The van der Waals surface area contributed by atoms with Crippen molar-refractivity contribution in [3.05, 3.63) is 24.0 Å². The first-order valence-electron chi connectivity index (χ1n) is 4.00. The summed E-state index contributed by atoms with van der Waals surface area (Å²) in [6.07, 6.45) is 2.92. The molecule has 0 spiro atoms. The van der Waals surface area contributed by atoms with E-state index < -0.39 is 21.1 Å². The fourth-order valence-corrected chi connectivity index (χ4v) is 1.75. The van der Waals surface area contributed by atoms with E-state index in [1.807, 2.05) is 0 Å². The molecule has 5 heteroatoms. The van der Waals surface area contributed by atoms with E-state index in [0.717, 1.165) is 5.69 Å². The quantitative estimate of drug-likeness (QED) is 0.747. The molecule has 2 atom stereocenters. The molecule has 13 heavy (non-hydrogen) atoms. The van der Waals surface area contributed by atoms with Gasteiger partial charge in [-0.3, -0.25) is 0 Å². The summed E-state index contributed by atoms with van der Waals surface area (Å²) >= 11 is 0. The maximum atomic E-state index is 11.2. The lowest BCUT2D eigenvalue weighted by atomic mass is 10.2. The molecule has 1 heterocycles. The fraction of sp³-hybridized carbons (Fsp3) is 0.500. The number of aromatic nitrogens is 1. The summed E-state index contributed by atoms with van der Waals surface area (Å²) in [5.41, 5.74) is 6.51. The van der Waals surface area contributed by atoms with Gasteiger partial charge in [-0.2, -0.15) is 0 Å². The molecule has 1 rings (SSSR count). The largest absolute Gasteiger partial charge is 0.364 e. The molecule has 3 N–H and O–H groups in total. The summed E-state index contributed by atoms with van der Waals surface area (Å²) in [5.74, 6) is 0. The highest BCUT2D eigenvalue weighted by molar-refractivity contribution is 7.91. The number of sulfone groups is 1. The number of nitrogens with two attached hydrogens (primary N) is 1. The van der Waals surface area contributed by atoms with Crippen molar-refractivity contribution < 1.29 is 8.42 Å². The third-order valence-electron chi connectivity index (χ3n) is 2.16. The van der Waals surface area contributed by atoms with E-state index in [9.17, 15) is 8.42 Å². The van der Waals surface area contributed by atoms with E-state index in [4.69, 9.17) is 5.73 Å². The molecule has 2 unspecified atom stereocenters. The summed E-state index contributed by atoms with van der Waals surface area (Å²) in [6.45, 7) is 1.61. The van der Waals surface area contributed by atoms with Gasteiger partial charge in [0.25, 0.3) is 0 Å². The Morgan fingerprint density at radius 1 is 1.54 bits per heavy atom. The van der Waals surface area contributed by atoms with Crippen LogP contribution in [0.2, 0.25) is 0 Å². The summed E-state index contributed by atoms with van der Waals surface area (Å²) < 4.78 is 22.3. The standard InChI is InChI=1S/C8H14N2O2S/c1-6(13(2,11)12)8(9)7-4-3-5-10-7/h3-6,8,10H,9H2,1-2H3.